The van der Waals surface area contributed by atoms with E-state index in [-0.39, 0.29) is 55.6 Å². The molecule has 0 unspecified atom stereocenters. The molecule has 1 saturated heterocycles. The third-order valence-corrected chi connectivity index (χ3v) is 8.79. The Bertz CT molecular complexity index is 1600. The SMILES string of the molecule is CC(C)C[C@H]1NC(=O)c2ccccc2OCc2noc(n2)CCCCCNC(=O)[C@H](Cc2cccnc2)N(C)C(=O)[C@H]2C[C@H](O)CN2C1=O. The normalized spacial score (nSPS) is 23.4. The molecular weight excluding hydrogens is 630 g/mol. The quantitative estimate of drug-likeness (QED) is 0.371. The van der Waals surface area contributed by atoms with Crippen LogP contribution in [0.25, 0.3) is 0 Å². The summed E-state index contributed by atoms with van der Waals surface area (Å²) >= 11 is 0. The van der Waals surface area contributed by atoms with Gasteiger partial charge in [-0.25, -0.2) is 0 Å². The van der Waals surface area contributed by atoms with Gasteiger partial charge < -0.3 is 34.8 Å². The maximum atomic E-state index is 14.2. The van der Waals surface area contributed by atoms with Crippen molar-refractivity contribution in [1.82, 2.24) is 35.6 Å². The van der Waals surface area contributed by atoms with E-state index in [1.807, 2.05) is 19.9 Å². The molecule has 4 amide bonds. The molecule has 0 saturated carbocycles. The molecule has 2 aromatic heterocycles. The summed E-state index contributed by atoms with van der Waals surface area (Å²) in [6.07, 6.45) is 5.61. The zero-order chi connectivity index (χ0) is 34.9. The van der Waals surface area contributed by atoms with Crippen molar-refractivity contribution >= 4 is 23.6 Å². The van der Waals surface area contributed by atoms with Crippen LogP contribution < -0.4 is 15.4 Å². The van der Waals surface area contributed by atoms with Crippen LogP contribution in [0, 0.1) is 5.92 Å². The highest BCUT2D eigenvalue weighted by molar-refractivity contribution is 6.00. The van der Waals surface area contributed by atoms with Crippen LogP contribution in [0.15, 0.2) is 53.3 Å². The van der Waals surface area contributed by atoms with Gasteiger partial charge in [0.05, 0.1) is 11.7 Å². The predicted octanol–water partition coefficient (Wildman–Crippen LogP) is 2.06. The summed E-state index contributed by atoms with van der Waals surface area (Å²) in [6.45, 7) is 4.14. The molecule has 5 rings (SSSR count). The Labute approximate surface area is 285 Å². The average molecular weight is 676 g/mol. The molecule has 14 heteroatoms. The number of ether oxygens (including phenoxy) is 1. The van der Waals surface area contributed by atoms with Crippen molar-refractivity contribution in [2.45, 2.75) is 89.6 Å². The third-order valence-electron chi connectivity index (χ3n) is 8.79. The number of nitrogens with one attached hydrogen (secondary N) is 2. The molecule has 0 radical (unpaired) electrons. The Hall–Kier alpha value is -4.85. The van der Waals surface area contributed by atoms with Crippen molar-refractivity contribution in [1.29, 1.82) is 0 Å². The van der Waals surface area contributed by atoms with Gasteiger partial charge in [0.1, 0.15) is 23.9 Å². The van der Waals surface area contributed by atoms with Crippen LogP contribution in [-0.2, 0) is 33.8 Å². The summed E-state index contributed by atoms with van der Waals surface area (Å²) in [6, 6.07) is 7.35. The molecule has 262 valence electrons. The van der Waals surface area contributed by atoms with E-state index in [0.717, 1.165) is 18.4 Å². The molecule has 2 aliphatic rings. The van der Waals surface area contributed by atoms with E-state index in [0.29, 0.717) is 31.1 Å². The second-order valence-corrected chi connectivity index (χ2v) is 13.1. The molecule has 2 bridgehead atoms. The Morgan fingerprint density at radius 1 is 1.04 bits per heavy atom. The summed E-state index contributed by atoms with van der Waals surface area (Å²) in [5.74, 6) is -0.750. The first-order valence-corrected chi connectivity index (χ1v) is 16.9. The number of carbonyl (C=O) groups is 4. The zero-order valence-electron chi connectivity index (χ0n) is 28.2. The summed E-state index contributed by atoms with van der Waals surface area (Å²) in [7, 11) is 1.54. The fraction of sp³-hybridized carbons (Fsp3) is 0.514. The first kappa shape index (κ1) is 35.5. The second-order valence-electron chi connectivity index (χ2n) is 13.1. The van der Waals surface area contributed by atoms with E-state index in [4.69, 9.17) is 9.26 Å². The number of aryl methyl sites for hydroxylation is 1. The highest BCUT2D eigenvalue weighted by Crippen LogP contribution is 2.25. The highest BCUT2D eigenvalue weighted by Gasteiger charge is 2.44. The van der Waals surface area contributed by atoms with E-state index in [2.05, 4.69) is 25.8 Å². The van der Waals surface area contributed by atoms with Crippen LogP contribution in [-0.4, -0.2) is 98.0 Å². The van der Waals surface area contributed by atoms with Gasteiger partial charge in [0, 0.05) is 51.8 Å². The lowest BCUT2D eigenvalue weighted by atomic mass is 10.0. The Balaban J connectivity index is 1.45. The van der Waals surface area contributed by atoms with E-state index in [9.17, 15) is 24.3 Å². The molecule has 3 N–H and O–H groups in total. The number of amides is 4. The predicted molar refractivity (Wildman–Crippen MR) is 177 cm³/mol. The fourth-order valence-electron chi connectivity index (χ4n) is 6.24. The molecule has 4 atom stereocenters. The molecule has 1 aromatic carbocycles. The van der Waals surface area contributed by atoms with Crippen LogP contribution in [0.4, 0.5) is 0 Å². The minimum absolute atomic E-state index is 0.00677. The number of pyridine rings is 1. The summed E-state index contributed by atoms with van der Waals surface area (Å²) in [5.41, 5.74) is 0.978. The number of aromatic nitrogens is 3. The fourth-order valence-corrected chi connectivity index (χ4v) is 6.24. The maximum Gasteiger partial charge on any atom is 0.255 e. The molecule has 1 fully saturated rings. The van der Waals surface area contributed by atoms with Gasteiger partial charge in [0.2, 0.25) is 29.4 Å². The van der Waals surface area contributed by atoms with Crippen molar-refractivity contribution in [3.05, 3.63) is 71.6 Å². The van der Waals surface area contributed by atoms with Crippen LogP contribution >= 0.6 is 0 Å². The standard InChI is InChI=1S/C35H45N7O7/c1-22(2)16-26-34(46)42-20-24(43)18-28(42)35(47)41(3)27(17-23-10-9-14-36-19-23)33(45)37-15-8-4-5-13-31-39-30(40-49-31)21-48-29-12-7-6-11-25(29)32(44)38-26/h6-7,9-12,14,19,22,24,26-28,43H,4-5,8,13,15-18,20-21H2,1-3H3,(H,37,45)(H,38,44)/t24-,26+,27-,28+/m0/s1. The number of aliphatic hydroxyl groups is 1. The lowest BCUT2D eigenvalue weighted by molar-refractivity contribution is -0.147. The average Bonchev–Trinajstić information content (AvgIpc) is 3.72. The van der Waals surface area contributed by atoms with Gasteiger partial charge in [-0.05, 0) is 48.9 Å². The first-order valence-electron chi connectivity index (χ1n) is 16.9. The summed E-state index contributed by atoms with van der Waals surface area (Å²) in [4.78, 5) is 66.9. The number of hydrogen-bond donors (Lipinski definition) is 3. The summed E-state index contributed by atoms with van der Waals surface area (Å²) in [5, 5.41) is 20.6. The van der Waals surface area contributed by atoms with Gasteiger partial charge in [-0.15, -0.1) is 0 Å². The number of likely N-dealkylation sites (N-methyl/N-ethyl adjacent to an activating group) is 1. The van der Waals surface area contributed by atoms with Crippen molar-refractivity contribution in [2.75, 3.05) is 20.1 Å². The number of nitrogens with zero attached hydrogens (tertiary/aromatic N) is 5. The van der Waals surface area contributed by atoms with Gasteiger partial charge in [-0.3, -0.25) is 24.2 Å². The molecule has 14 nitrogen and oxygen atoms in total. The maximum absolute atomic E-state index is 14.2. The van der Waals surface area contributed by atoms with Gasteiger partial charge in [0.15, 0.2) is 6.61 Å². The largest absolute Gasteiger partial charge is 0.485 e. The number of hydrogen-bond acceptors (Lipinski definition) is 10. The smallest absolute Gasteiger partial charge is 0.255 e. The number of rotatable bonds is 4. The van der Waals surface area contributed by atoms with Crippen molar-refractivity contribution in [2.24, 2.45) is 5.92 Å². The number of fused-ring (bicyclic) bond motifs is 4. The second kappa shape index (κ2) is 16.5. The monoisotopic (exact) mass is 675 g/mol. The van der Waals surface area contributed by atoms with Gasteiger partial charge >= 0.3 is 0 Å². The van der Waals surface area contributed by atoms with E-state index < -0.39 is 42.0 Å². The van der Waals surface area contributed by atoms with Crippen LogP contribution in [0.3, 0.4) is 0 Å². The lowest BCUT2D eigenvalue weighted by Crippen LogP contribution is -2.57. The Morgan fingerprint density at radius 2 is 1.86 bits per heavy atom. The zero-order valence-corrected chi connectivity index (χ0v) is 28.2. The number of aliphatic hydroxyl groups excluding tert-OH is 1. The van der Waals surface area contributed by atoms with Gasteiger partial charge in [-0.2, -0.15) is 4.98 Å². The molecular formula is C35H45N7O7. The molecule has 4 heterocycles. The van der Waals surface area contributed by atoms with Crippen molar-refractivity contribution < 1.29 is 33.5 Å². The minimum atomic E-state index is -1.03. The molecule has 0 spiro atoms. The highest BCUT2D eigenvalue weighted by atomic mass is 16.5. The number of para-hydroxylation sites is 1. The van der Waals surface area contributed by atoms with Crippen LogP contribution in [0.1, 0.15) is 73.6 Å². The number of benzene rings is 1. The molecule has 3 aromatic rings. The molecule has 0 aliphatic carbocycles. The van der Waals surface area contributed by atoms with Crippen molar-refractivity contribution in [3.8, 4) is 5.75 Å². The van der Waals surface area contributed by atoms with Crippen LogP contribution in [0.5, 0.6) is 5.75 Å². The summed E-state index contributed by atoms with van der Waals surface area (Å²) < 4.78 is 11.3. The molecule has 2 aliphatic heterocycles. The van der Waals surface area contributed by atoms with Crippen LogP contribution in [0.2, 0.25) is 0 Å². The Kier molecular flexibility index (Phi) is 11.9. The third kappa shape index (κ3) is 9.19. The number of carbonyl (C=O) groups excluding carboxylic acids is 4. The first-order chi connectivity index (χ1) is 23.6. The van der Waals surface area contributed by atoms with E-state index in [1.165, 1.54) is 9.80 Å². The van der Waals surface area contributed by atoms with Crippen molar-refractivity contribution in [3.63, 3.8) is 0 Å². The van der Waals surface area contributed by atoms with E-state index in [1.54, 1.807) is 49.8 Å². The minimum Gasteiger partial charge on any atom is -0.485 e. The van der Waals surface area contributed by atoms with Gasteiger partial charge in [-0.1, -0.05) is 43.6 Å². The van der Waals surface area contributed by atoms with Gasteiger partial charge in [0.25, 0.3) is 5.91 Å². The van der Waals surface area contributed by atoms with E-state index >= 15 is 0 Å². The Morgan fingerprint density at radius 3 is 2.63 bits per heavy atom. The molecule has 49 heavy (non-hydrogen) atoms. The lowest BCUT2D eigenvalue weighted by Gasteiger charge is -2.34. The topological polar surface area (TPSA) is 180 Å².